The van der Waals surface area contributed by atoms with Crippen LogP contribution in [0, 0.1) is 24.7 Å². The van der Waals surface area contributed by atoms with E-state index in [1.165, 1.54) is 0 Å². The number of nitrogens with zero attached hydrogens (tertiary/aromatic N) is 1. The quantitative estimate of drug-likeness (QED) is 0.790. The lowest BCUT2D eigenvalue weighted by atomic mass is 9.84. The van der Waals surface area contributed by atoms with E-state index in [9.17, 15) is 14.7 Å². The minimum absolute atomic E-state index is 0.222. The molecule has 0 saturated heterocycles. The normalized spacial score (nSPS) is 30.3. The molecule has 0 aromatic carbocycles. The van der Waals surface area contributed by atoms with Crippen molar-refractivity contribution in [2.24, 2.45) is 17.8 Å². The van der Waals surface area contributed by atoms with Gasteiger partial charge in [0.1, 0.15) is 5.01 Å². The first-order valence-electron chi connectivity index (χ1n) is 7.23. The molecule has 4 unspecified atom stereocenters. The van der Waals surface area contributed by atoms with Crippen molar-refractivity contribution in [1.29, 1.82) is 0 Å². The molecule has 7 heteroatoms. The molecule has 3 rings (SSSR count). The number of hydrogen-bond donors (Lipinski definition) is 3. The van der Waals surface area contributed by atoms with Crippen LogP contribution in [0.1, 0.15) is 29.1 Å². The molecule has 2 aliphatic rings. The maximum Gasteiger partial charge on any atom is 0.315 e. The summed E-state index contributed by atoms with van der Waals surface area (Å²) in [7, 11) is 0. The third-order valence-electron chi connectivity index (χ3n) is 4.57. The van der Waals surface area contributed by atoms with E-state index in [1.54, 1.807) is 17.5 Å². The number of aromatic nitrogens is 1. The molecule has 2 amide bonds. The number of hydrogen-bond acceptors (Lipinski definition) is 4. The Morgan fingerprint density at radius 2 is 2.19 bits per heavy atom. The van der Waals surface area contributed by atoms with Crippen molar-refractivity contribution in [2.45, 2.75) is 38.8 Å². The number of rotatable bonds is 4. The van der Waals surface area contributed by atoms with Crippen molar-refractivity contribution in [1.82, 2.24) is 15.6 Å². The van der Waals surface area contributed by atoms with E-state index >= 15 is 0 Å². The summed E-state index contributed by atoms with van der Waals surface area (Å²) in [5, 5.41) is 15.8. The van der Waals surface area contributed by atoms with Gasteiger partial charge in [0.25, 0.3) is 0 Å². The number of carbonyl (C=O) groups excluding carboxylic acids is 1. The van der Waals surface area contributed by atoms with E-state index in [4.69, 9.17) is 0 Å². The van der Waals surface area contributed by atoms with Crippen molar-refractivity contribution < 1.29 is 14.7 Å². The average molecular weight is 309 g/mol. The largest absolute Gasteiger partial charge is 0.481 e. The van der Waals surface area contributed by atoms with E-state index < -0.39 is 11.9 Å². The van der Waals surface area contributed by atoms with Crippen molar-refractivity contribution in [3.8, 4) is 0 Å². The molecular weight excluding hydrogens is 290 g/mol. The van der Waals surface area contributed by atoms with Crippen LogP contribution >= 0.6 is 11.3 Å². The highest BCUT2D eigenvalue weighted by atomic mass is 32.1. The van der Waals surface area contributed by atoms with E-state index in [2.05, 4.69) is 15.6 Å². The molecule has 0 spiro atoms. The Hall–Kier alpha value is -1.63. The molecule has 4 atom stereocenters. The Labute approximate surface area is 127 Å². The number of carboxylic acids is 1. The van der Waals surface area contributed by atoms with Crippen LogP contribution in [0.2, 0.25) is 0 Å². The SMILES string of the molecule is Cc1cnc(CNC(=O)NC2C3CCC(C3)C2C(=O)O)s1. The molecule has 2 fully saturated rings. The Morgan fingerprint density at radius 3 is 2.86 bits per heavy atom. The van der Waals surface area contributed by atoms with Crippen molar-refractivity contribution in [3.05, 3.63) is 16.1 Å². The fourth-order valence-corrected chi connectivity index (χ4v) is 4.42. The predicted molar refractivity (Wildman–Crippen MR) is 78.0 cm³/mol. The molecule has 114 valence electrons. The van der Waals surface area contributed by atoms with Gasteiger partial charge in [-0.3, -0.25) is 4.79 Å². The summed E-state index contributed by atoms with van der Waals surface area (Å²) >= 11 is 1.54. The second-order valence-corrected chi connectivity index (χ2v) is 7.23. The van der Waals surface area contributed by atoms with Gasteiger partial charge in [-0.15, -0.1) is 11.3 Å². The highest BCUT2D eigenvalue weighted by Crippen LogP contribution is 2.48. The van der Waals surface area contributed by atoms with Gasteiger partial charge in [-0.25, -0.2) is 9.78 Å². The van der Waals surface area contributed by atoms with Gasteiger partial charge in [0.2, 0.25) is 0 Å². The van der Waals surface area contributed by atoms with Crippen LogP contribution in [0.25, 0.3) is 0 Å². The Morgan fingerprint density at radius 1 is 1.43 bits per heavy atom. The van der Waals surface area contributed by atoms with E-state index in [-0.39, 0.29) is 18.0 Å². The summed E-state index contributed by atoms with van der Waals surface area (Å²) < 4.78 is 0. The van der Waals surface area contributed by atoms with Gasteiger partial charge in [0, 0.05) is 17.1 Å². The zero-order valence-electron chi connectivity index (χ0n) is 11.8. The summed E-state index contributed by atoms with van der Waals surface area (Å²) in [4.78, 5) is 28.7. The maximum atomic E-state index is 12.0. The smallest absolute Gasteiger partial charge is 0.315 e. The number of urea groups is 1. The van der Waals surface area contributed by atoms with Crippen LogP contribution in [0.4, 0.5) is 4.79 Å². The van der Waals surface area contributed by atoms with Crippen LogP contribution < -0.4 is 10.6 Å². The number of fused-ring (bicyclic) bond motifs is 2. The lowest BCUT2D eigenvalue weighted by molar-refractivity contribution is -0.144. The zero-order chi connectivity index (χ0) is 15.0. The van der Waals surface area contributed by atoms with Gasteiger partial charge in [0.05, 0.1) is 12.5 Å². The Kier molecular flexibility index (Phi) is 3.84. The molecule has 0 aliphatic heterocycles. The van der Waals surface area contributed by atoms with E-state index in [1.807, 2.05) is 6.92 Å². The summed E-state index contributed by atoms with van der Waals surface area (Å²) in [5.74, 6) is -0.692. The molecule has 3 N–H and O–H groups in total. The fraction of sp³-hybridized carbons (Fsp3) is 0.643. The lowest BCUT2D eigenvalue weighted by Crippen LogP contribution is -2.50. The molecule has 2 saturated carbocycles. The highest BCUT2D eigenvalue weighted by Gasteiger charge is 2.51. The van der Waals surface area contributed by atoms with Crippen LogP contribution in [0.15, 0.2) is 6.20 Å². The third kappa shape index (κ3) is 2.88. The number of carboxylic acid groups (broad SMARTS) is 1. The van der Waals surface area contributed by atoms with Gasteiger partial charge in [-0.2, -0.15) is 0 Å². The monoisotopic (exact) mass is 309 g/mol. The first-order chi connectivity index (χ1) is 10.0. The molecule has 6 nitrogen and oxygen atoms in total. The van der Waals surface area contributed by atoms with Gasteiger partial charge in [0.15, 0.2) is 0 Å². The first kappa shape index (κ1) is 14.3. The summed E-state index contributed by atoms with van der Waals surface area (Å²) in [6.45, 7) is 2.34. The first-order valence-corrected chi connectivity index (χ1v) is 8.04. The number of nitrogens with one attached hydrogen (secondary N) is 2. The van der Waals surface area contributed by atoms with Crippen LogP contribution in [-0.2, 0) is 11.3 Å². The Bertz CT molecular complexity index is 559. The molecule has 21 heavy (non-hydrogen) atoms. The van der Waals surface area contributed by atoms with Crippen molar-refractivity contribution >= 4 is 23.3 Å². The minimum atomic E-state index is -0.789. The molecule has 1 heterocycles. The van der Waals surface area contributed by atoms with E-state index in [0.29, 0.717) is 12.5 Å². The molecular formula is C14H19N3O3S. The van der Waals surface area contributed by atoms with Gasteiger partial charge in [-0.05, 0) is 38.0 Å². The standard InChI is InChI=1S/C14H19N3O3S/c1-7-5-15-10(21-7)6-16-14(20)17-12-9-3-2-8(4-9)11(12)13(18)19/h5,8-9,11-12H,2-4,6H2,1H3,(H,18,19)(H2,16,17,20). The number of aryl methyl sites for hydroxylation is 1. The van der Waals surface area contributed by atoms with Crippen LogP contribution in [0.5, 0.6) is 0 Å². The fourth-order valence-electron chi connectivity index (χ4n) is 3.70. The number of thiazole rings is 1. The molecule has 2 aliphatic carbocycles. The third-order valence-corrected chi connectivity index (χ3v) is 5.48. The minimum Gasteiger partial charge on any atom is -0.481 e. The maximum absolute atomic E-state index is 12.0. The second kappa shape index (κ2) is 5.63. The molecule has 1 aromatic heterocycles. The summed E-state index contributed by atoms with van der Waals surface area (Å²) in [6, 6.07) is -0.536. The summed E-state index contributed by atoms with van der Waals surface area (Å²) in [6.07, 6.45) is 4.69. The van der Waals surface area contributed by atoms with Crippen LogP contribution in [-0.4, -0.2) is 28.1 Å². The highest BCUT2D eigenvalue weighted by molar-refractivity contribution is 7.11. The van der Waals surface area contributed by atoms with Crippen molar-refractivity contribution in [3.63, 3.8) is 0 Å². The summed E-state index contributed by atoms with van der Waals surface area (Å²) in [5.41, 5.74) is 0. The number of aliphatic carboxylic acids is 1. The average Bonchev–Trinajstić information content (AvgIpc) is 3.11. The zero-order valence-corrected chi connectivity index (χ0v) is 12.7. The number of carbonyl (C=O) groups is 2. The topological polar surface area (TPSA) is 91.3 Å². The van der Waals surface area contributed by atoms with Crippen LogP contribution in [0.3, 0.4) is 0 Å². The van der Waals surface area contributed by atoms with E-state index in [0.717, 1.165) is 29.1 Å². The van der Waals surface area contributed by atoms with Gasteiger partial charge >= 0.3 is 12.0 Å². The van der Waals surface area contributed by atoms with Gasteiger partial charge < -0.3 is 15.7 Å². The molecule has 0 radical (unpaired) electrons. The lowest BCUT2D eigenvalue weighted by Gasteiger charge is -2.28. The van der Waals surface area contributed by atoms with Gasteiger partial charge in [-0.1, -0.05) is 0 Å². The predicted octanol–water partition coefficient (Wildman–Crippen LogP) is 1.75. The number of amides is 2. The molecule has 2 bridgehead atoms. The second-order valence-electron chi connectivity index (χ2n) is 5.91. The molecule has 1 aromatic rings. The van der Waals surface area contributed by atoms with Crippen molar-refractivity contribution in [2.75, 3.05) is 0 Å². The Balaban J connectivity index is 1.55.